The van der Waals surface area contributed by atoms with Gasteiger partial charge in [-0.05, 0) is 23.7 Å². The SMILES string of the molecule is CCCCCCC(C)(C)C(C)(C)CCC. The molecule has 0 aliphatic heterocycles. The highest BCUT2D eigenvalue weighted by Gasteiger charge is 2.35. The van der Waals surface area contributed by atoms with Gasteiger partial charge in [-0.2, -0.15) is 0 Å². The lowest BCUT2D eigenvalue weighted by molar-refractivity contribution is 0.0838. The average Bonchev–Trinajstić information content (AvgIpc) is 2.12. The van der Waals surface area contributed by atoms with Crippen LogP contribution in [0.2, 0.25) is 0 Å². The van der Waals surface area contributed by atoms with Crippen molar-refractivity contribution < 1.29 is 0 Å². The molecule has 0 amide bonds. The van der Waals surface area contributed by atoms with Gasteiger partial charge >= 0.3 is 0 Å². The van der Waals surface area contributed by atoms with Crippen molar-refractivity contribution in [3.05, 3.63) is 0 Å². The minimum Gasteiger partial charge on any atom is -0.0654 e. The Morgan fingerprint density at radius 3 is 1.60 bits per heavy atom. The van der Waals surface area contributed by atoms with E-state index in [9.17, 15) is 0 Å². The molecule has 0 aliphatic carbocycles. The summed E-state index contributed by atoms with van der Waals surface area (Å²) < 4.78 is 0. The molecule has 0 unspecified atom stereocenters. The Hall–Kier alpha value is 0. The molecule has 15 heavy (non-hydrogen) atoms. The van der Waals surface area contributed by atoms with E-state index in [2.05, 4.69) is 41.5 Å². The maximum Gasteiger partial charge on any atom is -0.0303 e. The predicted molar refractivity (Wildman–Crippen MR) is 71.2 cm³/mol. The van der Waals surface area contributed by atoms with E-state index in [1.807, 2.05) is 0 Å². The third-order valence-corrected chi connectivity index (χ3v) is 4.36. The van der Waals surface area contributed by atoms with Gasteiger partial charge in [0.15, 0.2) is 0 Å². The lowest BCUT2D eigenvalue weighted by Gasteiger charge is -2.42. The van der Waals surface area contributed by atoms with Crippen LogP contribution in [0.5, 0.6) is 0 Å². The molecule has 0 N–H and O–H groups in total. The second-order valence-corrected chi connectivity index (χ2v) is 6.33. The molecular formula is C15H32. The highest BCUT2D eigenvalue weighted by molar-refractivity contribution is 4.85. The molecule has 0 saturated heterocycles. The van der Waals surface area contributed by atoms with E-state index in [4.69, 9.17) is 0 Å². The first-order valence-corrected chi connectivity index (χ1v) is 6.87. The van der Waals surface area contributed by atoms with E-state index in [1.54, 1.807) is 0 Å². The van der Waals surface area contributed by atoms with Crippen molar-refractivity contribution in [2.24, 2.45) is 10.8 Å². The molecule has 92 valence electrons. The summed E-state index contributed by atoms with van der Waals surface area (Å²) in [5.41, 5.74) is 0.991. The summed E-state index contributed by atoms with van der Waals surface area (Å²) in [4.78, 5) is 0. The molecular weight excluding hydrogens is 180 g/mol. The van der Waals surface area contributed by atoms with Crippen LogP contribution in [0.3, 0.4) is 0 Å². The van der Waals surface area contributed by atoms with Gasteiger partial charge < -0.3 is 0 Å². The molecule has 0 heterocycles. The van der Waals surface area contributed by atoms with E-state index in [0.717, 1.165) is 0 Å². The van der Waals surface area contributed by atoms with Gasteiger partial charge in [-0.3, -0.25) is 0 Å². The fourth-order valence-corrected chi connectivity index (χ4v) is 2.30. The lowest BCUT2D eigenvalue weighted by Crippen LogP contribution is -2.32. The van der Waals surface area contributed by atoms with Crippen molar-refractivity contribution in [2.45, 2.75) is 86.5 Å². The summed E-state index contributed by atoms with van der Waals surface area (Å²) in [6, 6.07) is 0. The Bertz CT molecular complexity index is 153. The van der Waals surface area contributed by atoms with Crippen molar-refractivity contribution in [3.8, 4) is 0 Å². The van der Waals surface area contributed by atoms with Crippen LogP contribution >= 0.6 is 0 Å². The van der Waals surface area contributed by atoms with Crippen LogP contribution < -0.4 is 0 Å². The van der Waals surface area contributed by atoms with Crippen LogP contribution in [0.1, 0.15) is 86.5 Å². The summed E-state index contributed by atoms with van der Waals surface area (Å²) in [5.74, 6) is 0. The first-order chi connectivity index (χ1) is 6.87. The van der Waals surface area contributed by atoms with Gasteiger partial charge in [0.1, 0.15) is 0 Å². The monoisotopic (exact) mass is 212 g/mol. The molecule has 0 atom stereocenters. The van der Waals surface area contributed by atoms with Crippen molar-refractivity contribution in [3.63, 3.8) is 0 Å². The zero-order chi connectivity index (χ0) is 11.9. The molecule has 0 aromatic rings. The first kappa shape index (κ1) is 15.0. The van der Waals surface area contributed by atoms with E-state index in [1.165, 1.54) is 44.9 Å². The molecule has 0 aliphatic rings. The second-order valence-electron chi connectivity index (χ2n) is 6.33. The fourth-order valence-electron chi connectivity index (χ4n) is 2.30. The smallest absolute Gasteiger partial charge is 0.0303 e. The third kappa shape index (κ3) is 5.04. The standard InChI is InChI=1S/C15H32/c1-7-9-10-11-13-15(5,6)14(3,4)12-8-2/h7-13H2,1-6H3. The van der Waals surface area contributed by atoms with Gasteiger partial charge in [-0.25, -0.2) is 0 Å². The van der Waals surface area contributed by atoms with E-state index in [0.29, 0.717) is 10.8 Å². The normalized spacial score (nSPS) is 13.2. The van der Waals surface area contributed by atoms with Crippen LogP contribution in [-0.2, 0) is 0 Å². The van der Waals surface area contributed by atoms with E-state index >= 15 is 0 Å². The zero-order valence-electron chi connectivity index (χ0n) is 11.9. The van der Waals surface area contributed by atoms with Gasteiger partial charge in [0.25, 0.3) is 0 Å². The van der Waals surface area contributed by atoms with Gasteiger partial charge in [-0.1, -0.05) is 73.6 Å². The minimum atomic E-state index is 0.494. The van der Waals surface area contributed by atoms with Crippen molar-refractivity contribution in [2.75, 3.05) is 0 Å². The molecule has 0 spiro atoms. The van der Waals surface area contributed by atoms with Crippen LogP contribution in [0.15, 0.2) is 0 Å². The molecule has 0 radical (unpaired) electrons. The summed E-state index contributed by atoms with van der Waals surface area (Å²) in [6.45, 7) is 14.4. The maximum absolute atomic E-state index is 2.45. The van der Waals surface area contributed by atoms with Crippen LogP contribution in [0, 0.1) is 10.8 Å². The zero-order valence-corrected chi connectivity index (χ0v) is 11.9. The molecule has 0 bridgehead atoms. The quantitative estimate of drug-likeness (QED) is 0.445. The Labute approximate surface area is 97.8 Å². The molecule has 0 nitrogen and oxygen atoms in total. The van der Waals surface area contributed by atoms with Crippen LogP contribution in [0.25, 0.3) is 0 Å². The average molecular weight is 212 g/mol. The van der Waals surface area contributed by atoms with Gasteiger partial charge in [0, 0.05) is 0 Å². The summed E-state index contributed by atoms with van der Waals surface area (Å²) in [6.07, 6.45) is 9.64. The van der Waals surface area contributed by atoms with Crippen LogP contribution in [-0.4, -0.2) is 0 Å². The first-order valence-electron chi connectivity index (χ1n) is 6.87. The highest BCUT2D eigenvalue weighted by atomic mass is 14.4. The fraction of sp³-hybridized carbons (Fsp3) is 1.00. The summed E-state index contributed by atoms with van der Waals surface area (Å²) >= 11 is 0. The Morgan fingerprint density at radius 1 is 0.600 bits per heavy atom. The van der Waals surface area contributed by atoms with E-state index < -0.39 is 0 Å². The van der Waals surface area contributed by atoms with Gasteiger partial charge in [0.2, 0.25) is 0 Å². The maximum atomic E-state index is 2.45. The largest absolute Gasteiger partial charge is 0.0654 e. The van der Waals surface area contributed by atoms with Gasteiger partial charge in [0.05, 0.1) is 0 Å². The molecule has 0 heteroatoms. The second kappa shape index (κ2) is 6.55. The number of unbranched alkanes of at least 4 members (excludes halogenated alkanes) is 3. The lowest BCUT2D eigenvalue weighted by atomic mass is 9.63. The molecule has 0 aromatic heterocycles. The highest BCUT2D eigenvalue weighted by Crippen LogP contribution is 2.45. The Morgan fingerprint density at radius 2 is 1.13 bits per heavy atom. The van der Waals surface area contributed by atoms with E-state index in [-0.39, 0.29) is 0 Å². The molecule has 0 fully saturated rings. The van der Waals surface area contributed by atoms with Crippen molar-refractivity contribution in [1.29, 1.82) is 0 Å². The third-order valence-electron chi connectivity index (χ3n) is 4.36. The Kier molecular flexibility index (Phi) is 6.55. The number of hydrogen-bond acceptors (Lipinski definition) is 0. The topological polar surface area (TPSA) is 0 Å². The van der Waals surface area contributed by atoms with Crippen molar-refractivity contribution in [1.82, 2.24) is 0 Å². The molecule has 0 saturated carbocycles. The molecule has 0 aromatic carbocycles. The van der Waals surface area contributed by atoms with Crippen LogP contribution in [0.4, 0.5) is 0 Å². The number of rotatable bonds is 8. The minimum absolute atomic E-state index is 0.494. The molecule has 0 rings (SSSR count). The number of hydrogen-bond donors (Lipinski definition) is 0. The summed E-state index contributed by atoms with van der Waals surface area (Å²) in [5, 5.41) is 0. The Balaban J connectivity index is 4.03. The predicted octanol–water partition coefficient (Wildman–Crippen LogP) is 5.81. The summed E-state index contributed by atoms with van der Waals surface area (Å²) in [7, 11) is 0. The van der Waals surface area contributed by atoms with Gasteiger partial charge in [-0.15, -0.1) is 0 Å². The van der Waals surface area contributed by atoms with Crippen molar-refractivity contribution >= 4 is 0 Å².